The van der Waals surface area contributed by atoms with Gasteiger partial charge in [0, 0.05) is 25.1 Å². The molecule has 0 spiro atoms. The average Bonchev–Trinajstić information content (AvgIpc) is 3.11. The number of hydrogen-bond acceptors (Lipinski definition) is 5. The third-order valence-corrected chi connectivity index (χ3v) is 4.57. The van der Waals surface area contributed by atoms with Crippen LogP contribution >= 0.6 is 0 Å². The molecule has 1 atom stereocenters. The van der Waals surface area contributed by atoms with Gasteiger partial charge in [-0.1, -0.05) is 38.1 Å². The Kier molecular flexibility index (Phi) is 5.30. The summed E-state index contributed by atoms with van der Waals surface area (Å²) in [4.78, 5) is 19.0. The lowest BCUT2D eigenvalue weighted by Crippen LogP contribution is -2.40. The Morgan fingerprint density at radius 1 is 1.38 bits per heavy atom. The quantitative estimate of drug-likeness (QED) is 0.830. The summed E-state index contributed by atoms with van der Waals surface area (Å²) in [5.41, 5.74) is 0.851. The fourth-order valence-corrected chi connectivity index (χ4v) is 3.25. The Morgan fingerprint density at radius 2 is 2.19 bits per heavy atom. The van der Waals surface area contributed by atoms with Gasteiger partial charge in [-0.15, -0.1) is 0 Å². The second-order valence-corrected chi connectivity index (χ2v) is 8.10. The zero-order chi connectivity index (χ0) is 18.7. The first-order valence-electron chi connectivity index (χ1n) is 9.11. The number of ether oxygens (including phenoxy) is 1. The van der Waals surface area contributed by atoms with E-state index in [1.165, 1.54) is 0 Å². The molecule has 2 heterocycles. The normalized spacial score (nSPS) is 18.0. The SMILES string of the molecule is COc1cccc(-c2noc([C@@H]3CCCN(C(=O)CC(C)(C)C)C3)n2)c1. The van der Waals surface area contributed by atoms with Crippen molar-refractivity contribution in [1.29, 1.82) is 0 Å². The molecule has 0 bridgehead atoms. The largest absolute Gasteiger partial charge is 0.497 e. The van der Waals surface area contributed by atoms with Crippen LogP contribution in [0.3, 0.4) is 0 Å². The van der Waals surface area contributed by atoms with Crippen LogP contribution in [0, 0.1) is 5.41 Å². The van der Waals surface area contributed by atoms with E-state index in [0.29, 0.717) is 24.7 Å². The number of piperidine rings is 1. The van der Waals surface area contributed by atoms with E-state index in [1.807, 2.05) is 29.2 Å². The van der Waals surface area contributed by atoms with Crippen LogP contribution in [0.1, 0.15) is 51.8 Å². The predicted octanol–water partition coefficient (Wildman–Crippen LogP) is 3.89. The summed E-state index contributed by atoms with van der Waals surface area (Å²) in [7, 11) is 1.63. The first-order valence-corrected chi connectivity index (χ1v) is 9.11. The van der Waals surface area contributed by atoms with Crippen molar-refractivity contribution in [2.24, 2.45) is 5.41 Å². The highest BCUT2D eigenvalue weighted by Crippen LogP contribution is 2.30. The molecule has 26 heavy (non-hydrogen) atoms. The molecule has 1 aromatic heterocycles. The van der Waals surface area contributed by atoms with E-state index < -0.39 is 0 Å². The lowest BCUT2D eigenvalue weighted by molar-refractivity contribution is -0.134. The van der Waals surface area contributed by atoms with Gasteiger partial charge in [-0.3, -0.25) is 4.79 Å². The first kappa shape index (κ1) is 18.4. The molecular weight excluding hydrogens is 330 g/mol. The van der Waals surface area contributed by atoms with Gasteiger partial charge in [-0.25, -0.2) is 0 Å². The third kappa shape index (κ3) is 4.42. The van der Waals surface area contributed by atoms with Crippen LogP contribution in [-0.4, -0.2) is 41.1 Å². The summed E-state index contributed by atoms with van der Waals surface area (Å²) < 4.78 is 10.8. The Balaban J connectivity index is 1.71. The van der Waals surface area contributed by atoms with E-state index in [1.54, 1.807) is 7.11 Å². The third-order valence-electron chi connectivity index (χ3n) is 4.57. The predicted molar refractivity (Wildman–Crippen MR) is 98.9 cm³/mol. The average molecular weight is 357 g/mol. The number of nitrogens with zero attached hydrogens (tertiary/aromatic N) is 3. The number of aromatic nitrogens is 2. The molecule has 1 aliphatic heterocycles. The summed E-state index contributed by atoms with van der Waals surface area (Å²) >= 11 is 0. The van der Waals surface area contributed by atoms with E-state index in [2.05, 4.69) is 30.9 Å². The lowest BCUT2D eigenvalue weighted by Gasteiger charge is -2.33. The van der Waals surface area contributed by atoms with Gasteiger partial charge in [-0.2, -0.15) is 4.98 Å². The molecule has 1 fully saturated rings. The van der Waals surface area contributed by atoms with Crippen molar-refractivity contribution in [2.45, 2.75) is 46.0 Å². The molecule has 0 saturated carbocycles. The van der Waals surface area contributed by atoms with Gasteiger partial charge in [0.15, 0.2) is 0 Å². The van der Waals surface area contributed by atoms with Crippen LogP contribution in [0.2, 0.25) is 0 Å². The number of carbonyl (C=O) groups excluding carboxylic acids is 1. The molecule has 140 valence electrons. The van der Waals surface area contributed by atoms with Crippen LogP contribution in [0.25, 0.3) is 11.4 Å². The molecule has 1 aliphatic rings. The summed E-state index contributed by atoms with van der Waals surface area (Å²) in [5, 5.41) is 4.12. The van der Waals surface area contributed by atoms with E-state index in [-0.39, 0.29) is 17.2 Å². The molecule has 1 saturated heterocycles. The van der Waals surface area contributed by atoms with Crippen LogP contribution in [0.15, 0.2) is 28.8 Å². The number of methoxy groups -OCH3 is 1. The number of benzene rings is 1. The zero-order valence-electron chi connectivity index (χ0n) is 16.0. The van der Waals surface area contributed by atoms with Crippen molar-refractivity contribution in [3.05, 3.63) is 30.2 Å². The minimum atomic E-state index is -0.00590. The van der Waals surface area contributed by atoms with E-state index in [4.69, 9.17) is 9.26 Å². The topological polar surface area (TPSA) is 68.5 Å². The minimum Gasteiger partial charge on any atom is -0.497 e. The van der Waals surface area contributed by atoms with Crippen molar-refractivity contribution < 1.29 is 14.1 Å². The van der Waals surface area contributed by atoms with Crippen LogP contribution in [0.4, 0.5) is 0 Å². The molecule has 0 radical (unpaired) electrons. The zero-order valence-corrected chi connectivity index (χ0v) is 16.0. The van der Waals surface area contributed by atoms with Crippen molar-refractivity contribution >= 4 is 5.91 Å². The van der Waals surface area contributed by atoms with E-state index >= 15 is 0 Å². The minimum absolute atomic E-state index is 0.00590. The summed E-state index contributed by atoms with van der Waals surface area (Å²) in [6, 6.07) is 7.59. The molecule has 0 aliphatic carbocycles. The maximum atomic E-state index is 12.5. The first-order chi connectivity index (χ1) is 12.4. The van der Waals surface area contributed by atoms with Gasteiger partial charge in [0.2, 0.25) is 17.6 Å². The fraction of sp³-hybridized carbons (Fsp3) is 0.550. The summed E-state index contributed by atoms with van der Waals surface area (Å²) in [6.45, 7) is 7.72. The lowest BCUT2D eigenvalue weighted by atomic mass is 9.90. The molecule has 0 unspecified atom stereocenters. The van der Waals surface area contributed by atoms with Gasteiger partial charge in [-0.05, 0) is 30.4 Å². The summed E-state index contributed by atoms with van der Waals surface area (Å²) in [6.07, 6.45) is 2.47. The second-order valence-electron chi connectivity index (χ2n) is 8.10. The van der Waals surface area contributed by atoms with Crippen LogP contribution in [0.5, 0.6) is 5.75 Å². The maximum absolute atomic E-state index is 12.5. The molecular formula is C20H27N3O3. The van der Waals surface area contributed by atoms with Crippen molar-refractivity contribution in [3.63, 3.8) is 0 Å². The number of amides is 1. The number of rotatable bonds is 4. The van der Waals surface area contributed by atoms with Gasteiger partial charge in [0.1, 0.15) is 5.75 Å². The number of likely N-dealkylation sites (tertiary alicyclic amines) is 1. The smallest absolute Gasteiger partial charge is 0.231 e. The molecule has 6 heteroatoms. The van der Waals surface area contributed by atoms with Crippen molar-refractivity contribution in [3.8, 4) is 17.1 Å². The molecule has 1 aromatic carbocycles. The molecule has 2 aromatic rings. The van der Waals surface area contributed by atoms with E-state index in [0.717, 1.165) is 30.7 Å². The van der Waals surface area contributed by atoms with Crippen molar-refractivity contribution in [1.82, 2.24) is 15.0 Å². The molecule has 3 rings (SSSR count). The molecule has 1 amide bonds. The summed E-state index contributed by atoms with van der Waals surface area (Å²) in [5.74, 6) is 2.22. The van der Waals surface area contributed by atoms with Crippen LogP contribution < -0.4 is 4.74 Å². The highest BCUT2D eigenvalue weighted by Gasteiger charge is 2.30. The number of hydrogen-bond donors (Lipinski definition) is 0. The second kappa shape index (κ2) is 7.48. The van der Waals surface area contributed by atoms with Gasteiger partial charge in [0.25, 0.3) is 0 Å². The Hall–Kier alpha value is -2.37. The van der Waals surface area contributed by atoms with Gasteiger partial charge >= 0.3 is 0 Å². The van der Waals surface area contributed by atoms with Crippen LogP contribution in [-0.2, 0) is 4.79 Å². The Morgan fingerprint density at radius 3 is 2.92 bits per heavy atom. The Labute approximate surface area is 154 Å². The highest BCUT2D eigenvalue weighted by molar-refractivity contribution is 5.77. The fourth-order valence-electron chi connectivity index (χ4n) is 3.25. The van der Waals surface area contributed by atoms with Gasteiger partial charge in [0.05, 0.1) is 13.0 Å². The van der Waals surface area contributed by atoms with Gasteiger partial charge < -0.3 is 14.2 Å². The van der Waals surface area contributed by atoms with E-state index in [9.17, 15) is 4.79 Å². The Bertz CT molecular complexity index is 764. The monoisotopic (exact) mass is 357 g/mol. The highest BCUT2D eigenvalue weighted by atomic mass is 16.5. The number of carbonyl (C=O) groups is 1. The van der Waals surface area contributed by atoms with Crippen molar-refractivity contribution in [2.75, 3.05) is 20.2 Å². The standard InChI is InChI=1S/C20H27N3O3/c1-20(2,3)12-17(24)23-10-6-8-15(13-23)19-21-18(22-26-19)14-7-5-9-16(11-14)25-4/h5,7,9,11,15H,6,8,10,12-13H2,1-4H3/t15-/m1/s1. The molecule has 6 nitrogen and oxygen atoms in total. The molecule has 0 N–H and O–H groups in total. The maximum Gasteiger partial charge on any atom is 0.231 e.